The van der Waals surface area contributed by atoms with Crippen LogP contribution in [0.4, 0.5) is 0 Å². The number of ether oxygens (including phenoxy) is 1. The van der Waals surface area contributed by atoms with Crippen molar-refractivity contribution in [3.05, 3.63) is 52.3 Å². The number of esters is 1. The lowest BCUT2D eigenvalue weighted by Gasteiger charge is -2.20. The first-order chi connectivity index (χ1) is 14.6. The maximum absolute atomic E-state index is 12.8. The summed E-state index contributed by atoms with van der Waals surface area (Å²) in [6.45, 7) is 14.9. The van der Waals surface area contributed by atoms with E-state index in [4.69, 9.17) is 4.74 Å². The van der Waals surface area contributed by atoms with Gasteiger partial charge < -0.3 is 10.1 Å². The van der Waals surface area contributed by atoms with Crippen LogP contribution in [0.3, 0.4) is 0 Å². The van der Waals surface area contributed by atoms with Gasteiger partial charge in [0.1, 0.15) is 0 Å². The Kier molecular flexibility index (Phi) is 8.84. The Labute approximate surface area is 186 Å². The Morgan fingerprint density at radius 3 is 2.29 bits per heavy atom. The summed E-state index contributed by atoms with van der Waals surface area (Å²) in [5.74, 6) is 0.107. The molecule has 1 amide bonds. The van der Waals surface area contributed by atoms with Crippen LogP contribution >= 0.6 is 0 Å². The van der Waals surface area contributed by atoms with Gasteiger partial charge in [-0.1, -0.05) is 43.7 Å². The van der Waals surface area contributed by atoms with Crippen molar-refractivity contribution >= 4 is 11.9 Å². The molecule has 0 aliphatic heterocycles. The highest BCUT2D eigenvalue weighted by molar-refractivity contribution is 5.78. The second kappa shape index (κ2) is 11.1. The fraction of sp³-hybridized carbons (Fsp3) is 0.560. The van der Waals surface area contributed by atoms with E-state index >= 15 is 0 Å². The Morgan fingerprint density at radius 2 is 1.71 bits per heavy atom. The molecule has 1 unspecified atom stereocenters. The van der Waals surface area contributed by atoms with Crippen molar-refractivity contribution in [2.24, 2.45) is 5.92 Å². The first-order valence-electron chi connectivity index (χ1n) is 11.1. The van der Waals surface area contributed by atoms with E-state index in [1.165, 1.54) is 0 Å². The molecular weight excluding hydrogens is 390 g/mol. The molecule has 0 saturated heterocycles. The summed E-state index contributed by atoms with van der Waals surface area (Å²) >= 11 is 0. The number of aryl methyl sites for hydroxylation is 2. The quantitative estimate of drug-likeness (QED) is 0.563. The Morgan fingerprint density at radius 1 is 1.06 bits per heavy atom. The zero-order chi connectivity index (χ0) is 23.1. The number of aromatic nitrogens is 2. The molecule has 0 bridgehead atoms. The molecule has 0 radical (unpaired) electrons. The number of carbonyl (C=O) groups is 2. The molecule has 0 fully saturated rings. The molecular formula is C25H37N3O3. The SMILES string of the molecule is Cc1ccc(C(CC(=O)OC(C)C)NC(=O)CCc2c(C)nn(CC(C)C)c2C)cc1. The molecule has 1 atom stereocenters. The lowest BCUT2D eigenvalue weighted by molar-refractivity contribution is -0.148. The van der Waals surface area contributed by atoms with Gasteiger partial charge in [-0.3, -0.25) is 14.3 Å². The summed E-state index contributed by atoms with van der Waals surface area (Å²) < 4.78 is 7.33. The number of nitrogens with zero attached hydrogens (tertiary/aromatic N) is 2. The third-order valence-electron chi connectivity index (χ3n) is 5.22. The molecule has 31 heavy (non-hydrogen) atoms. The van der Waals surface area contributed by atoms with Crippen molar-refractivity contribution < 1.29 is 14.3 Å². The molecule has 1 aromatic carbocycles. The molecule has 0 saturated carbocycles. The average molecular weight is 428 g/mol. The minimum atomic E-state index is -0.412. The molecule has 6 heteroatoms. The van der Waals surface area contributed by atoms with Gasteiger partial charge in [0.15, 0.2) is 0 Å². The molecule has 2 aromatic rings. The average Bonchev–Trinajstić information content (AvgIpc) is 2.92. The van der Waals surface area contributed by atoms with Crippen LogP contribution in [0, 0.1) is 26.7 Å². The van der Waals surface area contributed by atoms with Gasteiger partial charge in [0.05, 0.1) is 24.3 Å². The minimum absolute atomic E-state index is 0.0849. The molecule has 0 aliphatic rings. The molecule has 1 N–H and O–H groups in total. The first-order valence-corrected chi connectivity index (χ1v) is 11.1. The highest BCUT2D eigenvalue weighted by Crippen LogP contribution is 2.20. The van der Waals surface area contributed by atoms with Crippen molar-refractivity contribution in [3.63, 3.8) is 0 Å². The van der Waals surface area contributed by atoms with Crippen LogP contribution in [-0.2, 0) is 27.3 Å². The number of rotatable bonds is 10. The molecule has 170 valence electrons. The maximum Gasteiger partial charge on any atom is 0.308 e. The lowest BCUT2D eigenvalue weighted by atomic mass is 10.0. The van der Waals surface area contributed by atoms with E-state index in [0.717, 1.165) is 34.6 Å². The number of amides is 1. The van der Waals surface area contributed by atoms with Crippen LogP contribution < -0.4 is 5.32 Å². The van der Waals surface area contributed by atoms with Gasteiger partial charge >= 0.3 is 5.97 Å². The van der Waals surface area contributed by atoms with E-state index in [2.05, 4.69) is 31.2 Å². The Balaban J connectivity index is 2.07. The summed E-state index contributed by atoms with van der Waals surface area (Å²) in [6.07, 6.45) is 0.891. The fourth-order valence-electron chi connectivity index (χ4n) is 3.65. The molecule has 1 heterocycles. The normalized spacial score (nSPS) is 12.3. The summed E-state index contributed by atoms with van der Waals surface area (Å²) in [7, 11) is 0. The number of hydrogen-bond donors (Lipinski definition) is 1. The smallest absolute Gasteiger partial charge is 0.308 e. The lowest BCUT2D eigenvalue weighted by Crippen LogP contribution is -2.31. The Hall–Kier alpha value is -2.63. The first kappa shape index (κ1) is 24.6. The number of benzene rings is 1. The summed E-state index contributed by atoms with van der Waals surface area (Å²) in [5, 5.41) is 7.67. The van der Waals surface area contributed by atoms with E-state index in [1.807, 2.05) is 56.6 Å². The van der Waals surface area contributed by atoms with Gasteiger partial charge in [-0.2, -0.15) is 5.10 Å². The van der Waals surface area contributed by atoms with E-state index in [-0.39, 0.29) is 24.4 Å². The van der Waals surface area contributed by atoms with Gasteiger partial charge in [0.25, 0.3) is 0 Å². The second-order valence-electron chi connectivity index (χ2n) is 9.00. The van der Waals surface area contributed by atoms with Crippen LogP contribution in [0.1, 0.15) is 74.7 Å². The zero-order valence-electron chi connectivity index (χ0n) is 20.0. The highest BCUT2D eigenvalue weighted by Gasteiger charge is 2.21. The van der Waals surface area contributed by atoms with Crippen LogP contribution in [0.5, 0.6) is 0 Å². The van der Waals surface area contributed by atoms with Crippen LogP contribution in [-0.4, -0.2) is 27.8 Å². The monoisotopic (exact) mass is 427 g/mol. The Bertz CT molecular complexity index is 882. The molecule has 1 aromatic heterocycles. The van der Waals surface area contributed by atoms with Crippen molar-refractivity contribution in [2.75, 3.05) is 0 Å². The van der Waals surface area contributed by atoms with Gasteiger partial charge in [0.2, 0.25) is 5.91 Å². The second-order valence-corrected chi connectivity index (χ2v) is 9.00. The van der Waals surface area contributed by atoms with E-state index < -0.39 is 6.04 Å². The van der Waals surface area contributed by atoms with Gasteiger partial charge in [0, 0.05) is 18.7 Å². The maximum atomic E-state index is 12.8. The third-order valence-corrected chi connectivity index (χ3v) is 5.22. The zero-order valence-corrected chi connectivity index (χ0v) is 20.0. The van der Waals surface area contributed by atoms with E-state index in [9.17, 15) is 9.59 Å². The summed E-state index contributed by atoms with van der Waals surface area (Å²) in [5.41, 5.74) is 5.25. The predicted molar refractivity (Wildman–Crippen MR) is 123 cm³/mol. The van der Waals surface area contributed by atoms with E-state index in [1.54, 1.807) is 0 Å². The van der Waals surface area contributed by atoms with Gasteiger partial charge in [-0.15, -0.1) is 0 Å². The van der Waals surface area contributed by atoms with Crippen molar-refractivity contribution in [1.82, 2.24) is 15.1 Å². The van der Waals surface area contributed by atoms with Crippen molar-refractivity contribution in [2.45, 2.75) is 86.4 Å². The largest absolute Gasteiger partial charge is 0.463 e. The van der Waals surface area contributed by atoms with Crippen LogP contribution in [0.15, 0.2) is 24.3 Å². The molecule has 0 spiro atoms. The predicted octanol–water partition coefficient (Wildman–Crippen LogP) is 4.60. The standard InChI is InChI=1S/C25H37N3O3/c1-16(2)15-28-20(7)22(19(6)27-28)12-13-24(29)26-23(14-25(30)31-17(3)4)21-10-8-18(5)9-11-21/h8-11,16-17,23H,12-15H2,1-7H3,(H,26,29). The van der Waals surface area contributed by atoms with Gasteiger partial charge in [-0.05, 0) is 58.1 Å². The van der Waals surface area contributed by atoms with E-state index in [0.29, 0.717) is 18.8 Å². The summed E-state index contributed by atoms with van der Waals surface area (Å²) in [4.78, 5) is 25.0. The fourth-order valence-corrected chi connectivity index (χ4v) is 3.65. The third kappa shape index (κ3) is 7.53. The molecule has 0 aliphatic carbocycles. The minimum Gasteiger partial charge on any atom is -0.463 e. The topological polar surface area (TPSA) is 73.2 Å². The number of carbonyl (C=O) groups excluding carboxylic acids is 2. The van der Waals surface area contributed by atoms with Crippen LogP contribution in [0.25, 0.3) is 0 Å². The van der Waals surface area contributed by atoms with Crippen molar-refractivity contribution in [3.8, 4) is 0 Å². The number of hydrogen-bond acceptors (Lipinski definition) is 4. The van der Waals surface area contributed by atoms with Crippen LogP contribution in [0.2, 0.25) is 0 Å². The number of nitrogens with one attached hydrogen (secondary N) is 1. The van der Waals surface area contributed by atoms with Gasteiger partial charge in [-0.25, -0.2) is 0 Å². The molecule has 2 rings (SSSR count). The van der Waals surface area contributed by atoms with Crippen molar-refractivity contribution in [1.29, 1.82) is 0 Å². The highest BCUT2D eigenvalue weighted by atomic mass is 16.5. The molecule has 6 nitrogen and oxygen atoms in total. The summed E-state index contributed by atoms with van der Waals surface area (Å²) in [6, 6.07) is 7.46.